The monoisotopic (exact) mass is 321 g/mol. The Labute approximate surface area is 125 Å². The van der Waals surface area contributed by atoms with Crippen LogP contribution >= 0.6 is 11.6 Å². The first-order chi connectivity index (χ1) is 9.66. The molecule has 0 aromatic heterocycles. The van der Waals surface area contributed by atoms with Crippen LogP contribution in [0.25, 0.3) is 0 Å². The van der Waals surface area contributed by atoms with E-state index in [2.05, 4.69) is 0 Å². The predicted molar refractivity (Wildman–Crippen MR) is 72.1 cm³/mol. The molecule has 0 bridgehead atoms. The number of hydrogen-bond donors (Lipinski definition) is 1. The second-order valence-corrected chi connectivity index (χ2v) is 5.86. The number of carboxylic acid groups (broad SMARTS) is 1. The summed E-state index contributed by atoms with van der Waals surface area (Å²) < 4.78 is 38.7. The minimum Gasteiger partial charge on any atom is -0.481 e. The van der Waals surface area contributed by atoms with Crippen molar-refractivity contribution in [3.63, 3.8) is 0 Å². The fraction of sp³-hybridized carbons (Fsp3) is 0.500. The third-order valence-electron chi connectivity index (χ3n) is 3.64. The SMILES string of the molecule is Cc1cc(Cl)cc(CN2C[C@@H](C(F)(F)F)[C@H](C(=O)O)C2)c1. The van der Waals surface area contributed by atoms with Gasteiger partial charge in [-0.25, -0.2) is 0 Å². The molecule has 0 amide bonds. The van der Waals surface area contributed by atoms with Gasteiger partial charge >= 0.3 is 12.1 Å². The zero-order valence-electron chi connectivity index (χ0n) is 11.3. The Kier molecular flexibility index (Phi) is 4.49. The van der Waals surface area contributed by atoms with Crippen LogP contribution in [0.3, 0.4) is 0 Å². The number of rotatable bonds is 3. The Morgan fingerprint density at radius 2 is 2.05 bits per heavy atom. The van der Waals surface area contributed by atoms with Crippen LogP contribution in [-0.2, 0) is 11.3 Å². The quantitative estimate of drug-likeness (QED) is 0.928. The van der Waals surface area contributed by atoms with E-state index in [0.29, 0.717) is 5.02 Å². The molecule has 0 unspecified atom stereocenters. The number of benzene rings is 1. The van der Waals surface area contributed by atoms with Crippen LogP contribution in [0.5, 0.6) is 0 Å². The molecule has 0 saturated carbocycles. The highest BCUT2D eigenvalue weighted by molar-refractivity contribution is 6.30. The van der Waals surface area contributed by atoms with Gasteiger partial charge in [0.1, 0.15) is 0 Å². The molecule has 1 aromatic carbocycles. The minimum absolute atomic E-state index is 0.106. The minimum atomic E-state index is -4.50. The zero-order valence-corrected chi connectivity index (χ0v) is 12.1. The standard InChI is InChI=1S/C14H15ClF3NO2/c1-8-2-9(4-10(15)3-8)5-19-6-11(13(20)21)12(7-19)14(16,17)18/h2-4,11-12H,5-7H2,1H3,(H,20,21)/t11-,12-/m1/s1. The molecular formula is C14H15ClF3NO2. The molecule has 2 rings (SSSR count). The number of halogens is 4. The average molecular weight is 322 g/mol. The van der Waals surface area contributed by atoms with Gasteiger partial charge in [-0.3, -0.25) is 9.69 Å². The summed E-state index contributed by atoms with van der Waals surface area (Å²) >= 11 is 5.92. The molecule has 7 heteroatoms. The molecule has 1 fully saturated rings. The second-order valence-electron chi connectivity index (χ2n) is 5.42. The second kappa shape index (κ2) is 5.85. The summed E-state index contributed by atoms with van der Waals surface area (Å²) in [5.74, 6) is -4.64. The molecule has 1 heterocycles. The third kappa shape index (κ3) is 3.89. The Morgan fingerprint density at radius 1 is 1.38 bits per heavy atom. The Morgan fingerprint density at radius 3 is 2.52 bits per heavy atom. The van der Waals surface area contributed by atoms with Crippen molar-refractivity contribution in [3.8, 4) is 0 Å². The van der Waals surface area contributed by atoms with Crippen molar-refractivity contribution >= 4 is 17.6 Å². The molecule has 0 radical (unpaired) electrons. The van der Waals surface area contributed by atoms with Crippen molar-refractivity contribution in [3.05, 3.63) is 34.3 Å². The lowest BCUT2D eigenvalue weighted by Gasteiger charge is -2.18. The van der Waals surface area contributed by atoms with Gasteiger partial charge < -0.3 is 5.11 Å². The fourth-order valence-electron chi connectivity index (χ4n) is 2.76. The lowest BCUT2D eigenvalue weighted by molar-refractivity contribution is -0.188. The van der Waals surface area contributed by atoms with Crippen molar-refractivity contribution in [1.82, 2.24) is 4.90 Å². The number of aryl methyl sites for hydroxylation is 1. The van der Waals surface area contributed by atoms with Crippen LogP contribution in [0.15, 0.2) is 18.2 Å². The maximum Gasteiger partial charge on any atom is 0.393 e. The summed E-state index contributed by atoms with van der Waals surface area (Å²) in [7, 11) is 0. The van der Waals surface area contributed by atoms with Gasteiger partial charge in [0.05, 0.1) is 11.8 Å². The van der Waals surface area contributed by atoms with Gasteiger partial charge in [0, 0.05) is 24.7 Å². The molecule has 2 atom stereocenters. The molecule has 0 spiro atoms. The van der Waals surface area contributed by atoms with E-state index in [4.69, 9.17) is 16.7 Å². The fourth-order valence-corrected chi connectivity index (χ4v) is 3.07. The molecule has 3 nitrogen and oxygen atoms in total. The van der Waals surface area contributed by atoms with Crippen molar-refractivity contribution in [2.24, 2.45) is 11.8 Å². The van der Waals surface area contributed by atoms with E-state index >= 15 is 0 Å². The molecule has 1 aromatic rings. The van der Waals surface area contributed by atoms with Gasteiger partial charge in [-0.2, -0.15) is 13.2 Å². The van der Waals surface area contributed by atoms with Crippen molar-refractivity contribution in [1.29, 1.82) is 0 Å². The lowest BCUT2D eigenvalue weighted by Crippen LogP contribution is -2.33. The summed E-state index contributed by atoms with van der Waals surface area (Å²) in [5, 5.41) is 9.49. The van der Waals surface area contributed by atoms with Gasteiger partial charge in [-0.15, -0.1) is 0 Å². The van der Waals surface area contributed by atoms with E-state index in [1.165, 1.54) is 4.90 Å². The maximum absolute atomic E-state index is 12.9. The van der Waals surface area contributed by atoms with Gasteiger partial charge in [0.15, 0.2) is 0 Å². The number of aliphatic carboxylic acids is 1. The van der Waals surface area contributed by atoms with Crippen LogP contribution in [-0.4, -0.2) is 35.2 Å². The smallest absolute Gasteiger partial charge is 0.393 e. The highest BCUT2D eigenvalue weighted by atomic mass is 35.5. The molecule has 1 saturated heterocycles. The third-order valence-corrected chi connectivity index (χ3v) is 3.86. The summed E-state index contributed by atoms with van der Waals surface area (Å²) in [6.07, 6.45) is -4.50. The normalized spacial score (nSPS) is 23.5. The maximum atomic E-state index is 12.9. The van der Waals surface area contributed by atoms with Crippen molar-refractivity contribution in [2.45, 2.75) is 19.6 Å². The summed E-state index contributed by atoms with van der Waals surface area (Å²) in [5.41, 5.74) is 1.70. The summed E-state index contributed by atoms with van der Waals surface area (Å²) in [6.45, 7) is 1.70. The van der Waals surface area contributed by atoms with Crippen LogP contribution in [0.4, 0.5) is 13.2 Å². The summed E-state index contributed by atoms with van der Waals surface area (Å²) in [4.78, 5) is 12.5. The number of alkyl halides is 3. The van der Waals surface area contributed by atoms with Crippen molar-refractivity contribution in [2.75, 3.05) is 13.1 Å². The molecule has 116 valence electrons. The first-order valence-electron chi connectivity index (χ1n) is 6.45. The van der Waals surface area contributed by atoms with E-state index in [1.807, 2.05) is 13.0 Å². The van der Waals surface area contributed by atoms with Gasteiger partial charge in [-0.1, -0.05) is 17.7 Å². The highest BCUT2D eigenvalue weighted by Gasteiger charge is 2.52. The van der Waals surface area contributed by atoms with E-state index < -0.39 is 24.0 Å². The molecule has 1 N–H and O–H groups in total. The lowest BCUT2D eigenvalue weighted by atomic mass is 9.96. The average Bonchev–Trinajstić information content (AvgIpc) is 2.71. The largest absolute Gasteiger partial charge is 0.481 e. The van der Waals surface area contributed by atoms with Crippen molar-refractivity contribution < 1.29 is 23.1 Å². The first kappa shape index (κ1) is 16.1. The molecule has 1 aliphatic rings. The number of likely N-dealkylation sites (tertiary alicyclic amines) is 1. The number of hydrogen-bond acceptors (Lipinski definition) is 2. The van der Waals surface area contributed by atoms with E-state index in [0.717, 1.165) is 11.1 Å². The molecule has 1 aliphatic heterocycles. The Bertz CT molecular complexity index is 527. The molecule has 21 heavy (non-hydrogen) atoms. The van der Waals surface area contributed by atoms with Crippen LogP contribution in [0, 0.1) is 18.8 Å². The topological polar surface area (TPSA) is 40.5 Å². The van der Waals surface area contributed by atoms with Crippen LogP contribution in [0.2, 0.25) is 5.02 Å². The number of carboxylic acids is 1. The van der Waals surface area contributed by atoms with E-state index in [9.17, 15) is 18.0 Å². The van der Waals surface area contributed by atoms with Crippen LogP contribution < -0.4 is 0 Å². The van der Waals surface area contributed by atoms with Gasteiger partial charge in [0.25, 0.3) is 0 Å². The Balaban J connectivity index is 2.14. The predicted octanol–water partition coefficient (Wildman–Crippen LogP) is 3.34. The van der Waals surface area contributed by atoms with E-state index in [-0.39, 0.29) is 19.6 Å². The molecule has 0 aliphatic carbocycles. The summed E-state index contributed by atoms with van der Waals surface area (Å²) in [6, 6.07) is 5.28. The van der Waals surface area contributed by atoms with Crippen LogP contribution in [0.1, 0.15) is 11.1 Å². The number of nitrogens with zero attached hydrogens (tertiary/aromatic N) is 1. The Hall–Kier alpha value is -1.27. The van der Waals surface area contributed by atoms with Gasteiger partial charge in [-0.05, 0) is 30.2 Å². The molecular weight excluding hydrogens is 307 g/mol. The first-order valence-corrected chi connectivity index (χ1v) is 6.82. The zero-order chi connectivity index (χ0) is 15.8. The highest BCUT2D eigenvalue weighted by Crippen LogP contribution is 2.38. The van der Waals surface area contributed by atoms with E-state index in [1.54, 1.807) is 12.1 Å². The number of carbonyl (C=O) groups is 1. The van der Waals surface area contributed by atoms with Gasteiger partial charge in [0.2, 0.25) is 0 Å².